The molecule has 0 radical (unpaired) electrons. The summed E-state index contributed by atoms with van der Waals surface area (Å²) in [6.45, 7) is 6.52. The maximum atomic E-state index is 13.5. The molecule has 0 aliphatic carbocycles. The SMILES string of the molecule is CC1(C)CCCN(c2cc(F)cc(CCl)c2)C1. The minimum atomic E-state index is -0.193. The second kappa shape index (κ2) is 4.85. The van der Waals surface area contributed by atoms with Crippen molar-refractivity contribution in [2.75, 3.05) is 18.0 Å². The van der Waals surface area contributed by atoms with E-state index in [4.69, 9.17) is 11.6 Å². The monoisotopic (exact) mass is 255 g/mol. The lowest BCUT2D eigenvalue weighted by molar-refractivity contribution is 0.293. The van der Waals surface area contributed by atoms with Crippen LogP contribution in [0.2, 0.25) is 0 Å². The molecule has 1 nitrogen and oxygen atoms in total. The van der Waals surface area contributed by atoms with Gasteiger partial charge in [0, 0.05) is 24.7 Å². The Balaban J connectivity index is 2.24. The molecule has 0 saturated carbocycles. The van der Waals surface area contributed by atoms with Crippen molar-refractivity contribution in [3.63, 3.8) is 0 Å². The molecular weight excluding hydrogens is 237 g/mol. The Bertz CT molecular complexity index is 403. The molecule has 1 aromatic rings. The van der Waals surface area contributed by atoms with Gasteiger partial charge in [0.1, 0.15) is 5.82 Å². The number of piperidine rings is 1. The molecule has 1 fully saturated rings. The summed E-state index contributed by atoms with van der Waals surface area (Å²) in [5, 5.41) is 0. The van der Waals surface area contributed by atoms with Crippen LogP contribution in [0.25, 0.3) is 0 Å². The zero-order valence-electron chi connectivity index (χ0n) is 10.5. The van der Waals surface area contributed by atoms with Crippen LogP contribution in [0.3, 0.4) is 0 Å². The van der Waals surface area contributed by atoms with Crippen molar-refractivity contribution in [1.82, 2.24) is 0 Å². The fraction of sp³-hybridized carbons (Fsp3) is 0.571. The number of anilines is 1. The lowest BCUT2D eigenvalue weighted by Gasteiger charge is -2.39. The number of hydrogen-bond donors (Lipinski definition) is 0. The average Bonchev–Trinajstić information content (AvgIpc) is 2.27. The van der Waals surface area contributed by atoms with Crippen molar-refractivity contribution >= 4 is 17.3 Å². The predicted octanol–water partition coefficient (Wildman–Crippen LogP) is 4.19. The van der Waals surface area contributed by atoms with Crippen LogP contribution in [0.5, 0.6) is 0 Å². The van der Waals surface area contributed by atoms with Crippen LogP contribution in [0.1, 0.15) is 32.3 Å². The van der Waals surface area contributed by atoms with Crippen molar-refractivity contribution in [2.45, 2.75) is 32.6 Å². The third-order valence-electron chi connectivity index (χ3n) is 3.36. The molecule has 0 spiro atoms. The first-order valence-electron chi connectivity index (χ1n) is 6.11. The molecule has 1 saturated heterocycles. The largest absolute Gasteiger partial charge is 0.371 e. The molecule has 0 bridgehead atoms. The van der Waals surface area contributed by atoms with Crippen LogP contribution in [-0.2, 0) is 5.88 Å². The summed E-state index contributed by atoms with van der Waals surface area (Å²) in [6, 6.07) is 5.11. The van der Waals surface area contributed by atoms with Crippen LogP contribution >= 0.6 is 11.6 Å². The van der Waals surface area contributed by atoms with E-state index in [1.807, 2.05) is 6.07 Å². The summed E-state index contributed by atoms with van der Waals surface area (Å²) in [5.41, 5.74) is 2.13. The minimum Gasteiger partial charge on any atom is -0.371 e. The Morgan fingerprint density at radius 2 is 2.12 bits per heavy atom. The zero-order chi connectivity index (χ0) is 12.5. The molecule has 2 rings (SSSR count). The smallest absolute Gasteiger partial charge is 0.125 e. The summed E-state index contributed by atoms with van der Waals surface area (Å²) < 4.78 is 13.5. The normalized spacial score (nSPS) is 19.4. The van der Waals surface area contributed by atoms with Gasteiger partial charge in [-0.25, -0.2) is 4.39 Å². The van der Waals surface area contributed by atoms with Crippen molar-refractivity contribution in [3.05, 3.63) is 29.6 Å². The van der Waals surface area contributed by atoms with Crippen molar-refractivity contribution in [3.8, 4) is 0 Å². The van der Waals surface area contributed by atoms with Gasteiger partial charge in [-0.15, -0.1) is 11.6 Å². The van der Waals surface area contributed by atoms with Crippen LogP contribution in [0.4, 0.5) is 10.1 Å². The van der Waals surface area contributed by atoms with Crippen LogP contribution in [0.15, 0.2) is 18.2 Å². The second-order valence-corrected chi connectivity index (χ2v) is 5.91. The van der Waals surface area contributed by atoms with E-state index >= 15 is 0 Å². The third-order valence-corrected chi connectivity index (χ3v) is 3.67. The lowest BCUT2D eigenvalue weighted by Crippen LogP contribution is -2.40. The maximum absolute atomic E-state index is 13.5. The lowest BCUT2D eigenvalue weighted by atomic mass is 9.84. The zero-order valence-corrected chi connectivity index (χ0v) is 11.2. The number of rotatable bonds is 2. The van der Waals surface area contributed by atoms with E-state index in [1.54, 1.807) is 6.07 Å². The van der Waals surface area contributed by atoms with Gasteiger partial charge in [0.25, 0.3) is 0 Å². The number of hydrogen-bond acceptors (Lipinski definition) is 1. The molecule has 0 amide bonds. The standard InChI is InChI=1S/C14H19ClFN/c1-14(2)4-3-5-17(10-14)13-7-11(9-15)6-12(16)8-13/h6-8H,3-5,9-10H2,1-2H3. The highest BCUT2D eigenvalue weighted by molar-refractivity contribution is 6.17. The van der Waals surface area contributed by atoms with Crippen molar-refractivity contribution in [2.24, 2.45) is 5.41 Å². The van der Waals surface area contributed by atoms with E-state index in [-0.39, 0.29) is 5.82 Å². The molecule has 0 atom stereocenters. The van der Waals surface area contributed by atoms with Gasteiger partial charge in [-0.2, -0.15) is 0 Å². The Morgan fingerprint density at radius 1 is 1.35 bits per heavy atom. The summed E-state index contributed by atoms with van der Waals surface area (Å²) in [4.78, 5) is 2.27. The molecule has 0 aromatic heterocycles. The topological polar surface area (TPSA) is 3.24 Å². The molecule has 1 aliphatic heterocycles. The Labute approximate surface area is 108 Å². The van der Waals surface area contributed by atoms with Crippen LogP contribution in [-0.4, -0.2) is 13.1 Å². The molecule has 94 valence electrons. The van der Waals surface area contributed by atoms with Gasteiger partial charge in [0.05, 0.1) is 0 Å². The van der Waals surface area contributed by atoms with Gasteiger partial charge in [0.2, 0.25) is 0 Å². The fourth-order valence-electron chi connectivity index (χ4n) is 2.54. The van der Waals surface area contributed by atoms with E-state index in [1.165, 1.54) is 18.9 Å². The third kappa shape index (κ3) is 3.12. The molecule has 1 heterocycles. The average molecular weight is 256 g/mol. The minimum absolute atomic E-state index is 0.193. The quantitative estimate of drug-likeness (QED) is 0.717. The molecule has 0 N–H and O–H groups in total. The summed E-state index contributed by atoms with van der Waals surface area (Å²) in [6.07, 6.45) is 2.40. The molecule has 3 heteroatoms. The summed E-state index contributed by atoms with van der Waals surface area (Å²) in [7, 11) is 0. The fourth-order valence-corrected chi connectivity index (χ4v) is 2.69. The predicted molar refractivity (Wildman–Crippen MR) is 71.2 cm³/mol. The molecule has 1 aliphatic rings. The van der Waals surface area contributed by atoms with E-state index in [0.717, 1.165) is 24.3 Å². The first-order chi connectivity index (χ1) is 8.00. The number of alkyl halides is 1. The van der Waals surface area contributed by atoms with Gasteiger partial charge < -0.3 is 4.90 Å². The van der Waals surface area contributed by atoms with Gasteiger partial charge in [-0.05, 0) is 42.0 Å². The first-order valence-corrected chi connectivity index (χ1v) is 6.64. The Morgan fingerprint density at radius 3 is 2.76 bits per heavy atom. The molecule has 17 heavy (non-hydrogen) atoms. The molecule has 0 unspecified atom stereocenters. The number of halogens is 2. The van der Waals surface area contributed by atoms with E-state index in [2.05, 4.69) is 18.7 Å². The van der Waals surface area contributed by atoms with E-state index in [0.29, 0.717) is 11.3 Å². The highest BCUT2D eigenvalue weighted by Gasteiger charge is 2.26. The van der Waals surface area contributed by atoms with Gasteiger partial charge in [-0.1, -0.05) is 13.8 Å². The number of benzene rings is 1. The van der Waals surface area contributed by atoms with Gasteiger partial charge in [-0.3, -0.25) is 0 Å². The second-order valence-electron chi connectivity index (χ2n) is 5.64. The summed E-state index contributed by atoms with van der Waals surface area (Å²) >= 11 is 5.78. The first kappa shape index (κ1) is 12.7. The van der Waals surface area contributed by atoms with Crippen LogP contribution in [0, 0.1) is 11.2 Å². The maximum Gasteiger partial charge on any atom is 0.125 e. The van der Waals surface area contributed by atoms with E-state index < -0.39 is 0 Å². The Hall–Kier alpha value is -0.760. The van der Waals surface area contributed by atoms with Crippen molar-refractivity contribution in [1.29, 1.82) is 0 Å². The van der Waals surface area contributed by atoms with Gasteiger partial charge in [0.15, 0.2) is 0 Å². The van der Waals surface area contributed by atoms with Gasteiger partial charge >= 0.3 is 0 Å². The van der Waals surface area contributed by atoms with Crippen LogP contribution < -0.4 is 4.90 Å². The molecular formula is C14H19ClFN. The summed E-state index contributed by atoms with van der Waals surface area (Å²) in [5.74, 6) is 0.170. The highest BCUT2D eigenvalue weighted by atomic mass is 35.5. The number of nitrogens with zero attached hydrogens (tertiary/aromatic N) is 1. The Kier molecular flexibility index (Phi) is 3.62. The van der Waals surface area contributed by atoms with Crippen molar-refractivity contribution < 1.29 is 4.39 Å². The highest BCUT2D eigenvalue weighted by Crippen LogP contribution is 2.32. The van der Waals surface area contributed by atoms with E-state index in [9.17, 15) is 4.39 Å². The molecule has 1 aromatic carbocycles.